The van der Waals surface area contributed by atoms with E-state index < -0.39 is 0 Å². The lowest BCUT2D eigenvalue weighted by Gasteiger charge is -2.35. The molecule has 18 heavy (non-hydrogen) atoms. The molecule has 1 aliphatic heterocycles. The summed E-state index contributed by atoms with van der Waals surface area (Å²) in [6.45, 7) is 2.24. The van der Waals surface area contributed by atoms with Gasteiger partial charge < -0.3 is 9.32 Å². The van der Waals surface area contributed by atoms with Gasteiger partial charge in [-0.15, -0.1) is 0 Å². The van der Waals surface area contributed by atoms with Crippen LogP contribution in [0, 0.1) is 0 Å². The lowest BCUT2D eigenvalue weighted by atomic mass is 9.97. The van der Waals surface area contributed by atoms with E-state index in [1.165, 1.54) is 6.26 Å². The molecule has 0 bridgehead atoms. The minimum absolute atomic E-state index is 0.00489. The van der Waals surface area contributed by atoms with Crippen LogP contribution in [-0.2, 0) is 4.79 Å². The van der Waals surface area contributed by atoms with E-state index in [0.717, 1.165) is 19.3 Å². The zero-order chi connectivity index (χ0) is 13.1. The van der Waals surface area contributed by atoms with Crippen LogP contribution in [0.5, 0.6) is 0 Å². The molecule has 1 aromatic rings. The van der Waals surface area contributed by atoms with Gasteiger partial charge in [-0.2, -0.15) is 0 Å². The van der Waals surface area contributed by atoms with Crippen molar-refractivity contribution in [3.63, 3.8) is 0 Å². The summed E-state index contributed by atoms with van der Waals surface area (Å²) >= 11 is 5.83. The third kappa shape index (κ3) is 2.75. The number of likely N-dealkylation sites (tertiary alicyclic amines) is 1. The van der Waals surface area contributed by atoms with Crippen molar-refractivity contribution in [2.75, 3.05) is 6.54 Å². The number of hydrogen-bond donors (Lipinski definition) is 0. The summed E-state index contributed by atoms with van der Waals surface area (Å²) in [5.41, 5.74) is 0.382. The van der Waals surface area contributed by atoms with Gasteiger partial charge in [-0.05, 0) is 43.9 Å². The fourth-order valence-electron chi connectivity index (χ4n) is 2.41. The number of piperidine rings is 1. The van der Waals surface area contributed by atoms with Crippen molar-refractivity contribution in [1.29, 1.82) is 0 Å². The number of halogens is 1. The maximum atomic E-state index is 12.3. The van der Waals surface area contributed by atoms with Crippen LogP contribution in [0.15, 0.2) is 16.7 Å². The number of nitrogens with zero attached hydrogens (tertiary/aromatic N) is 1. The van der Waals surface area contributed by atoms with E-state index in [1.807, 2.05) is 0 Å². The van der Waals surface area contributed by atoms with Crippen LogP contribution in [-0.4, -0.2) is 29.2 Å². The SMILES string of the molecule is CC(=O)CC1CCCCN1C(=O)c1ccoc1Cl. The molecular formula is C13H16ClNO3. The van der Waals surface area contributed by atoms with Crippen molar-refractivity contribution in [2.45, 2.75) is 38.6 Å². The van der Waals surface area contributed by atoms with E-state index in [2.05, 4.69) is 0 Å². The maximum Gasteiger partial charge on any atom is 0.258 e. The minimum Gasteiger partial charge on any atom is -0.452 e. The summed E-state index contributed by atoms with van der Waals surface area (Å²) in [4.78, 5) is 25.3. The Labute approximate surface area is 111 Å². The Kier molecular flexibility index (Phi) is 4.07. The molecule has 0 aromatic carbocycles. The van der Waals surface area contributed by atoms with Gasteiger partial charge in [0, 0.05) is 19.0 Å². The Morgan fingerprint density at radius 2 is 2.28 bits per heavy atom. The smallest absolute Gasteiger partial charge is 0.258 e. The maximum absolute atomic E-state index is 12.3. The Bertz CT molecular complexity index is 455. The summed E-state index contributed by atoms with van der Waals surface area (Å²) < 4.78 is 4.94. The van der Waals surface area contributed by atoms with E-state index in [1.54, 1.807) is 17.9 Å². The highest BCUT2D eigenvalue weighted by atomic mass is 35.5. The zero-order valence-electron chi connectivity index (χ0n) is 10.3. The molecule has 4 nitrogen and oxygen atoms in total. The van der Waals surface area contributed by atoms with Gasteiger partial charge >= 0.3 is 0 Å². The van der Waals surface area contributed by atoms with Gasteiger partial charge in [0.25, 0.3) is 5.91 Å². The molecule has 0 radical (unpaired) electrons. The quantitative estimate of drug-likeness (QED) is 0.848. The number of furan rings is 1. The van der Waals surface area contributed by atoms with Crippen LogP contribution in [0.1, 0.15) is 43.0 Å². The molecule has 1 atom stereocenters. The molecule has 2 rings (SSSR count). The van der Waals surface area contributed by atoms with Gasteiger partial charge in [-0.1, -0.05) is 0 Å². The minimum atomic E-state index is -0.139. The molecule has 1 unspecified atom stereocenters. The Hall–Kier alpha value is -1.29. The molecule has 5 heteroatoms. The highest BCUT2D eigenvalue weighted by molar-refractivity contribution is 6.32. The summed E-state index contributed by atoms with van der Waals surface area (Å²) in [7, 11) is 0. The number of carbonyl (C=O) groups is 2. The van der Waals surface area contributed by atoms with Crippen LogP contribution in [0.3, 0.4) is 0 Å². The fraction of sp³-hybridized carbons (Fsp3) is 0.538. The van der Waals surface area contributed by atoms with Gasteiger partial charge in [0.2, 0.25) is 5.22 Å². The largest absolute Gasteiger partial charge is 0.452 e. The standard InChI is InChI=1S/C13H16ClNO3/c1-9(16)8-10-4-2-3-6-15(10)13(17)11-5-7-18-12(11)14/h5,7,10H,2-4,6,8H2,1H3. The molecule has 1 fully saturated rings. The molecule has 0 saturated carbocycles. The van der Waals surface area contributed by atoms with Crippen LogP contribution < -0.4 is 0 Å². The average molecular weight is 270 g/mol. The van der Waals surface area contributed by atoms with Crippen molar-refractivity contribution in [2.24, 2.45) is 0 Å². The van der Waals surface area contributed by atoms with Gasteiger partial charge in [0.1, 0.15) is 5.78 Å². The lowest BCUT2D eigenvalue weighted by molar-refractivity contribution is -0.118. The van der Waals surface area contributed by atoms with Crippen LogP contribution in [0.2, 0.25) is 5.22 Å². The van der Waals surface area contributed by atoms with E-state index in [0.29, 0.717) is 18.5 Å². The lowest BCUT2D eigenvalue weighted by Crippen LogP contribution is -2.44. The Morgan fingerprint density at radius 1 is 1.50 bits per heavy atom. The molecule has 0 N–H and O–H groups in total. The van der Waals surface area contributed by atoms with Gasteiger partial charge in [-0.25, -0.2) is 0 Å². The van der Waals surface area contributed by atoms with Crippen LogP contribution in [0.4, 0.5) is 0 Å². The van der Waals surface area contributed by atoms with Crippen molar-refractivity contribution in [3.05, 3.63) is 23.1 Å². The third-order valence-corrected chi connectivity index (χ3v) is 3.55. The predicted octanol–water partition coefficient (Wildman–Crippen LogP) is 2.91. The van der Waals surface area contributed by atoms with Gasteiger partial charge in [0.15, 0.2) is 0 Å². The molecular weight excluding hydrogens is 254 g/mol. The number of Topliss-reactive ketones (excluding diaryl/α,β-unsaturated/α-hetero) is 1. The number of amides is 1. The van der Waals surface area contributed by atoms with Crippen molar-refractivity contribution >= 4 is 23.3 Å². The highest BCUT2D eigenvalue weighted by Crippen LogP contribution is 2.25. The first-order valence-electron chi connectivity index (χ1n) is 6.13. The van der Waals surface area contributed by atoms with Crippen molar-refractivity contribution in [1.82, 2.24) is 4.90 Å². The number of rotatable bonds is 3. The fourth-order valence-corrected chi connectivity index (χ4v) is 2.61. The molecule has 0 aliphatic carbocycles. The van der Waals surface area contributed by atoms with E-state index in [9.17, 15) is 9.59 Å². The van der Waals surface area contributed by atoms with Crippen molar-refractivity contribution < 1.29 is 14.0 Å². The molecule has 2 heterocycles. The second-order valence-electron chi connectivity index (χ2n) is 4.66. The van der Waals surface area contributed by atoms with Gasteiger partial charge in [0.05, 0.1) is 11.8 Å². The normalized spacial score (nSPS) is 19.9. The first-order chi connectivity index (χ1) is 8.59. The second-order valence-corrected chi connectivity index (χ2v) is 5.01. The van der Waals surface area contributed by atoms with Gasteiger partial charge in [-0.3, -0.25) is 9.59 Å². The van der Waals surface area contributed by atoms with Crippen molar-refractivity contribution in [3.8, 4) is 0 Å². The van der Waals surface area contributed by atoms with Crippen LogP contribution >= 0.6 is 11.6 Å². The number of ketones is 1. The summed E-state index contributed by atoms with van der Waals surface area (Å²) in [5, 5.41) is 0.118. The van der Waals surface area contributed by atoms with E-state index >= 15 is 0 Å². The third-order valence-electron chi connectivity index (χ3n) is 3.26. The van der Waals surface area contributed by atoms with Crippen LogP contribution in [0.25, 0.3) is 0 Å². The first-order valence-corrected chi connectivity index (χ1v) is 6.51. The van der Waals surface area contributed by atoms with E-state index in [4.69, 9.17) is 16.0 Å². The van der Waals surface area contributed by atoms with E-state index in [-0.39, 0.29) is 23.0 Å². The molecule has 1 aromatic heterocycles. The summed E-state index contributed by atoms with van der Waals surface area (Å²) in [6, 6.07) is 1.57. The first kappa shape index (κ1) is 13.1. The second kappa shape index (κ2) is 5.57. The summed E-state index contributed by atoms with van der Waals surface area (Å²) in [5.74, 6) is -0.0299. The average Bonchev–Trinajstić information content (AvgIpc) is 2.74. The summed E-state index contributed by atoms with van der Waals surface area (Å²) in [6.07, 6.45) is 4.72. The molecule has 1 saturated heterocycles. The Morgan fingerprint density at radius 3 is 2.89 bits per heavy atom. The highest BCUT2D eigenvalue weighted by Gasteiger charge is 2.29. The predicted molar refractivity (Wildman–Crippen MR) is 67.7 cm³/mol. The monoisotopic (exact) mass is 269 g/mol. The Balaban J connectivity index is 2.16. The number of carbonyl (C=O) groups excluding carboxylic acids is 2. The zero-order valence-corrected chi connectivity index (χ0v) is 11.1. The topological polar surface area (TPSA) is 50.5 Å². The molecule has 1 aliphatic rings. The number of hydrogen-bond acceptors (Lipinski definition) is 3. The molecule has 0 spiro atoms. The molecule has 1 amide bonds. The molecule has 98 valence electrons.